The summed E-state index contributed by atoms with van der Waals surface area (Å²) in [5.74, 6) is 8.02. The topological polar surface area (TPSA) is 46.2 Å². The van der Waals surface area contributed by atoms with E-state index in [-0.39, 0.29) is 0 Å². The zero-order valence-corrected chi connectivity index (χ0v) is 7.86. The van der Waals surface area contributed by atoms with Crippen LogP contribution in [0.15, 0.2) is 22.8 Å². The van der Waals surface area contributed by atoms with Crippen LogP contribution in [-0.2, 0) is 4.74 Å². The molecule has 0 spiro atoms. The largest absolute Gasteiger partial charge is 0.456 e. The van der Waals surface area contributed by atoms with Crippen molar-refractivity contribution in [1.29, 1.82) is 5.26 Å². The lowest BCUT2D eigenvalue weighted by Crippen LogP contribution is -2.17. The van der Waals surface area contributed by atoms with Gasteiger partial charge in [-0.05, 0) is 25.0 Å². The van der Waals surface area contributed by atoms with Crippen molar-refractivity contribution in [1.82, 2.24) is 0 Å². The van der Waals surface area contributed by atoms with Crippen LogP contribution >= 0.6 is 0 Å². The van der Waals surface area contributed by atoms with Gasteiger partial charge in [0, 0.05) is 6.61 Å². The predicted octanol–water partition coefficient (Wildman–Crippen LogP) is 1.18. The van der Waals surface area contributed by atoms with Crippen molar-refractivity contribution in [2.24, 2.45) is 0 Å². The lowest BCUT2D eigenvalue weighted by atomic mass is 9.74. The first-order chi connectivity index (χ1) is 6.86. The van der Waals surface area contributed by atoms with Gasteiger partial charge in [-0.1, -0.05) is 6.00 Å². The summed E-state index contributed by atoms with van der Waals surface area (Å²) in [4.78, 5) is 0. The maximum atomic E-state index is 8.44. The van der Waals surface area contributed by atoms with Crippen LogP contribution in [0.3, 0.4) is 0 Å². The van der Waals surface area contributed by atoms with Crippen LogP contribution in [0.25, 0.3) is 0 Å². The van der Waals surface area contributed by atoms with Crippen LogP contribution < -0.4 is 0 Å². The van der Waals surface area contributed by atoms with Crippen molar-refractivity contribution in [3.05, 3.63) is 24.2 Å². The molecule has 3 nitrogen and oxygen atoms in total. The van der Waals surface area contributed by atoms with Gasteiger partial charge in [-0.15, -0.1) is 13.2 Å². The summed E-state index contributed by atoms with van der Waals surface area (Å²) in [7, 11) is 1.35. The molecule has 0 fully saturated rings. The van der Waals surface area contributed by atoms with Gasteiger partial charge in [-0.25, -0.2) is 5.97 Å². The Kier molecular flexibility index (Phi) is 4.40. The molecular formula is C10H9BNO2-. The van der Waals surface area contributed by atoms with Gasteiger partial charge in [0.25, 0.3) is 0 Å². The molecule has 0 aliphatic carbocycles. The molecule has 1 heterocycles. The van der Waals surface area contributed by atoms with Gasteiger partial charge >= 0.3 is 0 Å². The molecule has 4 heteroatoms. The second-order valence-corrected chi connectivity index (χ2v) is 2.42. The summed E-state index contributed by atoms with van der Waals surface area (Å²) in [5.41, 5.74) is 0. The fourth-order valence-electron chi connectivity index (χ4n) is 0.871. The number of nitrogens with zero attached hydrogens (tertiary/aromatic N) is 1. The summed E-state index contributed by atoms with van der Waals surface area (Å²) >= 11 is 0. The van der Waals surface area contributed by atoms with Crippen molar-refractivity contribution in [3.8, 4) is 17.8 Å². The normalized spacial score (nSPS) is 11.1. The number of ether oxygens (including phenoxy) is 1. The first kappa shape index (κ1) is 10.4. The fourth-order valence-corrected chi connectivity index (χ4v) is 0.871. The molecule has 0 aromatic carbocycles. The second kappa shape index (κ2) is 5.91. The molecule has 1 aromatic rings. The first-order valence-electron chi connectivity index (χ1n) is 4.26. The minimum atomic E-state index is -0.449. The summed E-state index contributed by atoms with van der Waals surface area (Å²) in [6.45, 7) is 2.38. The molecule has 70 valence electrons. The lowest BCUT2D eigenvalue weighted by Gasteiger charge is -2.15. The van der Waals surface area contributed by atoms with E-state index < -0.39 is 6.00 Å². The Labute approximate surface area is 83.9 Å². The maximum Gasteiger partial charge on any atom is 0.176 e. The van der Waals surface area contributed by atoms with Crippen molar-refractivity contribution in [2.75, 3.05) is 6.61 Å². The summed E-state index contributed by atoms with van der Waals surface area (Å²) in [5, 5.41) is 8.44. The monoisotopic (exact) mass is 186 g/mol. The van der Waals surface area contributed by atoms with Crippen LogP contribution in [0, 0.1) is 23.1 Å². The number of rotatable bonds is 3. The summed E-state index contributed by atoms with van der Waals surface area (Å²) < 4.78 is 10.2. The van der Waals surface area contributed by atoms with Crippen LogP contribution in [-0.4, -0.2) is 19.9 Å². The molecular weight excluding hydrogens is 177 g/mol. The minimum absolute atomic E-state index is 0.449. The summed E-state index contributed by atoms with van der Waals surface area (Å²) in [6.07, 6.45) is 1.55. The Morgan fingerprint density at radius 3 is 3.14 bits per heavy atom. The van der Waals surface area contributed by atoms with Crippen LogP contribution in [0.5, 0.6) is 0 Å². The molecule has 1 atom stereocenters. The smallest absolute Gasteiger partial charge is 0.176 e. The van der Waals surface area contributed by atoms with Gasteiger partial charge in [-0.2, -0.15) is 0 Å². The number of hydrogen-bond donors (Lipinski definition) is 0. The van der Waals surface area contributed by atoms with E-state index in [4.69, 9.17) is 14.4 Å². The first-order valence-corrected chi connectivity index (χ1v) is 4.26. The Morgan fingerprint density at radius 2 is 2.57 bits per heavy atom. The molecule has 2 radical (unpaired) electrons. The highest BCUT2D eigenvalue weighted by molar-refractivity contribution is 6.47. The van der Waals surface area contributed by atoms with Gasteiger partial charge < -0.3 is 9.15 Å². The molecule has 0 aliphatic rings. The SMILES string of the molecule is CCOC([B-]C#N)C#Cc1ccco1. The van der Waals surface area contributed by atoms with Gasteiger partial charge in [0.15, 0.2) is 5.76 Å². The number of hydrogen-bond acceptors (Lipinski definition) is 3. The van der Waals surface area contributed by atoms with Gasteiger partial charge in [0.2, 0.25) is 0 Å². The summed E-state index contributed by atoms with van der Waals surface area (Å²) in [6, 6.07) is 3.06. The zero-order valence-electron chi connectivity index (χ0n) is 7.86. The molecule has 0 saturated carbocycles. The Balaban J connectivity index is 2.58. The molecule has 0 bridgehead atoms. The minimum Gasteiger partial charge on any atom is -0.456 e. The van der Waals surface area contributed by atoms with Crippen LogP contribution in [0.4, 0.5) is 0 Å². The lowest BCUT2D eigenvalue weighted by molar-refractivity contribution is 0.153. The molecule has 0 amide bonds. The van der Waals surface area contributed by atoms with Crippen molar-refractivity contribution < 1.29 is 9.15 Å². The van der Waals surface area contributed by atoms with E-state index in [0.717, 1.165) is 0 Å². The average molecular weight is 186 g/mol. The third-order valence-corrected chi connectivity index (χ3v) is 1.43. The van der Waals surface area contributed by atoms with Crippen molar-refractivity contribution in [2.45, 2.75) is 12.9 Å². The predicted molar refractivity (Wildman–Crippen MR) is 52.4 cm³/mol. The van der Waals surface area contributed by atoms with Crippen molar-refractivity contribution >= 4 is 7.28 Å². The van der Waals surface area contributed by atoms with Gasteiger partial charge in [0.1, 0.15) is 0 Å². The maximum absolute atomic E-state index is 8.44. The highest BCUT2D eigenvalue weighted by Gasteiger charge is 1.90. The Hall–Kier alpha value is -1.65. The third-order valence-electron chi connectivity index (χ3n) is 1.43. The third kappa shape index (κ3) is 3.39. The molecule has 0 saturated heterocycles. The standard InChI is InChI=1S/C10H9BNO2/c1-2-13-10(11-8-12)6-5-9-4-3-7-14-9/h3-4,7,10H,2H2,1H3/q-1. The number of furan rings is 1. The van der Waals surface area contributed by atoms with E-state index in [1.54, 1.807) is 18.4 Å². The number of nitriles is 1. The highest BCUT2D eigenvalue weighted by atomic mass is 16.5. The molecule has 0 N–H and O–H groups in total. The van der Waals surface area contributed by atoms with Crippen LogP contribution in [0.1, 0.15) is 12.7 Å². The van der Waals surface area contributed by atoms with E-state index in [1.807, 2.05) is 12.9 Å². The van der Waals surface area contributed by atoms with E-state index in [2.05, 4.69) is 11.8 Å². The van der Waals surface area contributed by atoms with E-state index >= 15 is 0 Å². The average Bonchev–Trinajstić information content (AvgIpc) is 2.67. The van der Waals surface area contributed by atoms with Gasteiger partial charge in [0.05, 0.1) is 6.26 Å². The molecule has 0 aliphatic heterocycles. The quantitative estimate of drug-likeness (QED) is 0.525. The zero-order chi connectivity index (χ0) is 10.2. The molecule has 1 unspecified atom stereocenters. The van der Waals surface area contributed by atoms with E-state index in [1.165, 1.54) is 7.28 Å². The van der Waals surface area contributed by atoms with Gasteiger partial charge in [-0.3, -0.25) is 5.26 Å². The Morgan fingerprint density at radius 1 is 1.71 bits per heavy atom. The van der Waals surface area contributed by atoms with E-state index in [9.17, 15) is 0 Å². The molecule has 1 aromatic heterocycles. The van der Waals surface area contributed by atoms with E-state index in [0.29, 0.717) is 12.4 Å². The molecule has 14 heavy (non-hydrogen) atoms. The van der Waals surface area contributed by atoms with Crippen LogP contribution in [0.2, 0.25) is 0 Å². The fraction of sp³-hybridized carbons (Fsp3) is 0.300. The molecule has 1 rings (SSSR count). The highest BCUT2D eigenvalue weighted by Crippen LogP contribution is 1.97. The van der Waals surface area contributed by atoms with Crippen molar-refractivity contribution in [3.63, 3.8) is 0 Å². The Bertz CT molecular complexity index is 356. The second-order valence-electron chi connectivity index (χ2n) is 2.42.